The molecule has 20 heavy (non-hydrogen) atoms. The van der Waals surface area contributed by atoms with Crippen molar-refractivity contribution < 1.29 is 4.79 Å². The van der Waals surface area contributed by atoms with E-state index in [0.717, 1.165) is 21.8 Å². The van der Waals surface area contributed by atoms with Gasteiger partial charge in [0.15, 0.2) is 5.78 Å². The van der Waals surface area contributed by atoms with Crippen molar-refractivity contribution in [3.8, 4) is 10.6 Å². The van der Waals surface area contributed by atoms with E-state index in [9.17, 15) is 4.79 Å². The molecule has 0 N–H and O–H groups in total. The van der Waals surface area contributed by atoms with Gasteiger partial charge < -0.3 is 0 Å². The Bertz CT molecular complexity index is 708. The summed E-state index contributed by atoms with van der Waals surface area (Å²) in [4.78, 5) is 20.6. The Kier molecular flexibility index (Phi) is 3.65. The van der Waals surface area contributed by atoms with Crippen LogP contribution in [0.2, 0.25) is 0 Å². The Morgan fingerprint density at radius 1 is 1.05 bits per heavy atom. The largest absolute Gasteiger partial charge is 0.294 e. The van der Waals surface area contributed by atoms with Gasteiger partial charge in [-0.15, -0.1) is 11.3 Å². The van der Waals surface area contributed by atoms with Gasteiger partial charge in [0.05, 0.1) is 12.1 Å². The van der Waals surface area contributed by atoms with Crippen LogP contribution in [0.1, 0.15) is 16.1 Å². The predicted molar refractivity (Wildman–Crippen MR) is 79.8 cm³/mol. The Labute approximate surface area is 121 Å². The van der Waals surface area contributed by atoms with Gasteiger partial charge in [-0.25, -0.2) is 4.98 Å². The van der Waals surface area contributed by atoms with Gasteiger partial charge in [-0.3, -0.25) is 9.78 Å². The molecular weight excluding hydrogens is 268 g/mol. The molecule has 0 saturated heterocycles. The first-order chi connectivity index (χ1) is 9.83. The highest BCUT2D eigenvalue weighted by molar-refractivity contribution is 7.13. The molecule has 2 heterocycles. The van der Waals surface area contributed by atoms with Crippen LogP contribution in [0.3, 0.4) is 0 Å². The number of carbonyl (C=O) groups is 1. The van der Waals surface area contributed by atoms with E-state index in [1.807, 2.05) is 47.8 Å². The Morgan fingerprint density at radius 3 is 2.55 bits per heavy atom. The zero-order valence-electron chi connectivity index (χ0n) is 10.7. The molecule has 3 aromatic rings. The average molecular weight is 280 g/mol. The quantitative estimate of drug-likeness (QED) is 0.685. The van der Waals surface area contributed by atoms with Gasteiger partial charge in [0, 0.05) is 28.9 Å². The molecule has 0 atom stereocenters. The molecule has 0 fully saturated rings. The molecule has 0 bridgehead atoms. The van der Waals surface area contributed by atoms with Gasteiger partial charge in [-0.2, -0.15) is 0 Å². The number of hydrogen-bond acceptors (Lipinski definition) is 4. The summed E-state index contributed by atoms with van der Waals surface area (Å²) in [6, 6.07) is 13.1. The van der Waals surface area contributed by atoms with Crippen molar-refractivity contribution in [2.75, 3.05) is 0 Å². The minimum Gasteiger partial charge on any atom is -0.294 e. The smallest absolute Gasteiger partial charge is 0.168 e. The lowest BCUT2D eigenvalue weighted by atomic mass is 10.1. The van der Waals surface area contributed by atoms with Crippen molar-refractivity contribution in [3.63, 3.8) is 0 Å². The Balaban J connectivity index is 1.77. The highest BCUT2D eigenvalue weighted by atomic mass is 32.1. The summed E-state index contributed by atoms with van der Waals surface area (Å²) >= 11 is 1.55. The monoisotopic (exact) mass is 280 g/mol. The highest BCUT2D eigenvalue weighted by Gasteiger charge is 2.10. The topological polar surface area (TPSA) is 42.9 Å². The standard InChI is InChI=1S/C16H12N2OS/c19-15(12-4-2-1-3-5-12)10-14-11-20-16(18-14)13-6-8-17-9-7-13/h1-9,11H,10H2. The molecule has 98 valence electrons. The molecule has 0 aliphatic rings. The maximum Gasteiger partial charge on any atom is 0.168 e. The second-order valence-corrected chi connectivity index (χ2v) is 5.20. The van der Waals surface area contributed by atoms with Crippen LogP contribution in [0.4, 0.5) is 0 Å². The lowest BCUT2D eigenvalue weighted by molar-refractivity contribution is 0.0992. The van der Waals surface area contributed by atoms with Crippen molar-refractivity contribution in [1.29, 1.82) is 0 Å². The van der Waals surface area contributed by atoms with E-state index in [1.54, 1.807) is 23.7 Å². The summed E-state index contributed by atoms with van der Waals surface area (Å²) in [6.45, 7) is 0. The summed E-state index contributed by atoms with van der Waals surface area (Å²) in [5.74, 6) is 0.0946. The van der Waals surface area contributed by atoms with Crippen LogP contribution in [0, 0.1) is 0 Å². The van der Waals surface area contributed by atoms with E-state index >= 15 is 0 Å². The number of carbonyl (C=O) groups excluding carboxylic acids is 1. The molecule has 0 aliphatic carbocycles. The number of hydrogen-bond donors (Lipinski definition) is 0. The molecule has 1 aromatic carbocycles. The van der Waals surface area contributed by atoms with Crippen LogP contribution in [0.25, 0.3) is 10.6 Å². The lowest BCUT2D eigenvalue weighted by Crippen LogP contribution is -2.03. The van der Waals surface area contributed by atoms with Crippen molar-refractivity contribution in [2.24, 2.45) is 0 Å². The van der Waals surface area contributed by atoms with Crippen LogP contribution in [-0.4, -0.2) is 15.8 Å². The number of Topliss-reactive ketones (excluding diaryl/α,β-unsaturated/α-hetero) is 1. The summed E-state index contributed by atoms with van der Waals surface area (Å²) in [5, 5.41) is 2.86. The van der Waals surface area contributed by atoms with E-state index < -0.39 is 0 Å². The fourth-order valence-electron chi connectivity index (χ4n) is 1.91. The molecule has 4 heteroatoms. The maximum atomic E-state index is 12.1. The first-order valence-corrected chi connectivity index (χ1v) is 7.14. The first-order valence-electron chi connectivity index (χ1n) is 6.26. The van der Waals surface area contributed by atoms with E-state index in [0.29, 0.717) is 6.42 Å². The number of thiazole rings is 1. The third kappa shape index (κ3) is 2.81. The number of rotatable bonds is 4. The minimum atomic E-state index is 0.0946. The van der Waals surface area contributed by atoms with Gasteiger partial charge in [-0.05, 0) is 12.1 Å². The summed E-state index contributed by atoms with van der Waals surface area (Å²) in [6.07, 6.45) is 3.82. The second-order valence-electron chi connectivity index (χ2n) is 4.35. The van der Waals surface area contributed by atoms with Gasteiger partial charge in [0.1, 0.15) is 5.01 Å². The molecule has 0 saturated carbocycles. The van der Waals surface area contributed by atoms with Crippen molar-refractivity contribution in [2.45, 2.75) is 6.42 Å². The van der Waals surface area contributed by atoms with E-state index in [-0.39, 0.29) is 5.78 Å². The van der Waals surface area contributed by atoms with Crippen molar-refractivity contribution in [1.82, 2.24) is 9.97 Å². The number of nitrogens with zero attached hydrogens (tertiary/aromatic N) is 2. The van der Waals surface area contributed by atoms with Crippen LogP contribution < -0.4 is 0 Å². The first kappa shape index (κ1) is 12.7. The van der Waals surface area contributed by atoms with Crippen LogP contribution in [0.5, 0.6) is 0 Å². The van der Waals surface area contributed by atoms with E-state index in [4.69, 9.17) is 0 Å². The van der Waals surface area contributed by atoms with Crippen LogP contribution >= 0.6 is 11.3 Å². The molecule has 2 aromatic heterocycles. The summed E-state index contributed by atoms with van der Waals surface area (Å²) < 4.78 is 0. The van der Waals surface area contributed by atoms with Gasteiger partial charge in [0.25, 0.3) is 0 Å². The highest BCUT2D eigenvalue weighted by Crippen LogP contribution is 2.23. The van der Waals surface area contributed by atoms with E-state index in [2.05, 4.69) is 9.97 Å². The zero-order chi connectivity index (χ0) is 13.8. The third-order valence-corrected chi connectivity index (χ3v) is 3.86. The summed E-state index contributed by atoms with van der Waals surface area (Å²) in [5.41, 5.74) is 2.57. The molecular formula is C16H12N2OS. The van der Waals surface area contributed by atoms with Crippen molar-refractivity contribution in [3.05, 3.63) is 71.5 Å². The fourth-order valence-corrected chi connectivity index (χ4v) is 2.73. The predicted octanol–water partition coefficient (Wildman–Crippen LogP) is 3.63. The molecule has 3 rings (SSSR count). The molecule has 3 nitrogen and oxygen atoms in total. The molecule has 0 radical (unpaired) electrons. The third-order valence-electron chi connectivity index (χ3n) is 2.92. The lowest BCUT2D eigenvalue weighted by Gasteiger charge is -1.98. The number of pyridine rings is 1. The van der Waals surface area contributed by atoms with Crippen LogP contribution in [0.15, 0.2) is 60.2 Å². The fraction of sp³-hybridized carbons (Fsp3) is 0.0625. The Morgan fingerprint density at radius 2 is 1.80 bits per heavy atom. The minimum absolute atomic E-state index is 0.0946. The van der Waals surface area contributed by atoms with Gasteiger partial charge in [-0.1, -0.05) is 30.3 Å². The zero-order valence-corrected chi connectivity index (χ0v) is 11.5. The van der Waals surface area contributed by atoms with Crippen molar-refractivity contribution >= 4 is 17.1 Å². The number of aromatic nitrogens is 2. The maximum absolute atomic E-state index is 12.1. The van der Waals surface area contributed by atoms with E-state index in [1.165, 1.54) is 0 Å². The number of ketones is 1. The number of benzene rings is 1. The second kappa shape index (κ2) is 5.75. The Hall–Kier alpha value is -2.33. The molecule has 0 unspecified atom stereocenters. The summed E-state index contributed by atoms with van der Waals surface area (Å²) in [7, 11) is 0. The molecule has 0 spiro atoms. The average Bonchev–Trinajstić information content (AvgIpc) is 2.97. The molecule has 0 amide bonds. The SMILES string of the molecule is O=C(Cc1csc(-c2ccncc2)n1)c1ccccc1. The normalized spacial score (nSPS) is 10.4. The van der Waals surface area contributed by atoms with Crippen LogP contribution in [-0.2, 0) is 6.42 Å². The van der Waals surface area contributed by atoms with Gasteiger partial charge >= 0.3 is 0 Å². The molecule has 0 aliphatic heterocycles. The van der Waals surface area contributed by atoms with Gasteiger partial charge in [0.2, 0.25) is 0 Å².